The third kappa shape index (κ3) is 6.92. The number of benzene rings is 3. The molecule has 214 valence electrons. The van der Waals surface area contributed by atoms with Crippen molar-refractivity contribution in [2.24, 2.45) is 0 Å². The van der Waals surface area contributed by atoms with Crippen molar-refractivity contribution >= 4 is 34.0 Å². The van der Waals surface area contributed by atoms with E-state index in [1.54, 1.807) is 12.1 Å². The molecule has 0 bridgehead atoms. The Morgan fingerprint density at radius 2 is 1.73 bits per heavy atom. The maximum absolute atomic E-state index is 15.1. The SMILES string of the molecule is O=C(N[C@H](CN1CCCC1)[C@H](O)c1ccc(N2CCOCC2)c(Cl)c1)C(F)(F)CCc1ccc2ccccc2c1. The van der Waals surface area contributed by atoms with Crippen LogP contribution in [-0.2, 0) is 16.0 Å². The van der Waals surface area contributed by atoms with Gasteiger partial charge in [0.1, 0.15) is 6.10 Å². The van der Waals surface area contributed by atoms with E-state index in [1.807, 2.05) is 48.5 Å². The molecule has 9 heteroatoms. The van der Waals surface area contributed by atoms with Crippen molar-refractivity contribution in [1.29, 1.82) is 0 Å². The molecule has 0 unspecified atom stereocenters. The minimum atomic E-state index is -3.59. The van der Waals surface area contributed by atoms with Gasteiger partial charge in [0.25, 0.3) is 5.91 Å². The first-order valence-electron chi connectivity index (χ1n) is 14.0. The largest absolute Gasteiger partial charge is 0.386 e. The highest BCUT2D eigenvalue weighted by Gasteiger charge is 2.40. The molecule has 2 fully saturated rings. The summed E-state index contributed by atoms with van der Waals surface area (Å²) in [6, 6.07) is 17.7. The van der Waals surface area contributed by atoms with Gasteiger partial charge in [-0.1, -0.05) is 60.1 Å². The predicted molar refractivity (Wildman–Crippen MR) is 154 cm³/mol. The fraction of sp³-hybridized carbons (Fsp3) is 0.452. The number of likely N-dealkylation sites (tertiary alicyclic amines) is 1. The van der Waals surface area contributed by atoms with Crippen LogP contribution in [0.1, 0.15) is 36.5 Å². The van der Waals surface area contributed by atoms with Gasteiger partial charge in [0.05, 0.1) is 30.0 Å². The Hall–Kier alpha value is -2.78. The molecule has 3 aromatic carbocycles. The molecular weight excluding hydrogens is 536 g/mol. The summed E-state index contributed by atoms with van der Waals surface area (Å²) >= 11 is 6.58. The fourth-order valence-corrected chi connectivity index (χ4v) is 5.86. The standard InChI is InChI=1S/C31H36ClF2N3O3/c32-26-20-25(9-10-28(26)37-15-17-40-18-16-37)29(38)27(21-36-13-3-4-14-36)35-30(39)31(33,34)12-11-22-7-8-23-5-1-2-6-24(23)19-22/h1-2,5-10,19-20,27,29,38H,3-4,11-18,21H2,(H,35,39)/t27-,29-/m1/s1. The van der Waals surface area contributed by atoms with Crippen LogP contribution >= 0.6 is 11.6 Å². The summed E-state index contributed by atoms with van der Waals surface area (Å²) in [5.74, 6) is -4.96. The lowest BCUT2D eigenvalue weighted by atomic mass is 9.99. The number of aliphatic hydroxyl groups is 1. The maximum atomic E-state index is 15.1. The van der Waals surface area contributed by atoms with E-state index in [0.717, 1.165) is 48.0 Å². The second kappa shape index (κ2) is 12.8. The summed E-state index contributed by atoms with van der Waals surface area (Å²) in [6.07, 6.45) is 0.238. The zero-order valence-corrected chi connectivity index (χ0v) is 23.3. The van der Waals surface area contributed by atoms with Crippen LogP contribution in [0.15, 0.2) is 60.7 Å². The highest BCUT2D eigenvalue weighted by molar-refractivity contribution is 6.33. The number of morpholine rings is 1. The smallest absolute Gasteiger partial charge is 0.324 e. The minimum Gasteiger partial charge on any atom is -0.386 e. The molecular formula is C31H36ClF2N3O3. The first kappa shape index (κ1) is 28.7. The van der Waals surface area contributed by atoms with Crippen molar-refractivity contribution in [3.8, 4) is 0 Å². The Bertz CT molecular complexity index is 1310. The van der Waals surface area contributed by atoms with E-state index >= 15 is 8.78 Å². The molecule has 5 rings (SSSR count). The summed E-state index contributed by atoms with van der Waals surface area (Å²) in [5.41, 5.74) is 2.06. The molecule has 6 nitrogen and oxygen atoms in total. The van der Waals surface area contributed by atoms with Gasteiger partial charge in [0.2, 0.25) is 0 Å². The number of rotatable bonds is 10. The highest BCUT2D eigenvalue weighted by Crippen LogP contribution is 2.32. The maximum Gasteiger partial charge on any atom is 0.324 e. The number of aliphatic hydroxyl groups excluding tert-OH is 1. The normalized spacial score (nSPS) is 18.1. The molecule has 2 saturated heterocycles. The Morgan fingerprint density at radius 1 is 1.00 bits per heavy atom. The topological polar surface area (TPSA) is 65.0 Å². The number of carbonyl (C=O) groups excluding carboxylic acids is 1. The zero-order chi connectivity index (χ0) is 28.1. The van der Waals surface area contributed by atoms with Crippen LogP contribution in [0.25, 0.3) is 10.8 Å². The lowest BCUT2D eigenvalue weighted by molar-refractivity contribution is -0.148. The van der Waals surface area contributed by atoms with Crippen LogP contribution in [-0.4, -0.2) is 73.8 Å². The van der Waals surface area contributed by atoms with E-state index in [2.05, 4.69) is 15.1 Å². The van der Waals surface area contributed by atoms with E-state index in [1.165, 1.54) is 0 Å². The molecule has 0 aromatic heterocycles. The van der Waals surface area contributed by atoms with Crippen LogP contribution < -0.4 is 10.2 Å². The number of alkyl halides is 2. The fourth-order valence-electron chi connectivity index (χ4n) is 5.55. The first-order chi connectivity index (χ1) is 19.3. The Labute approximate surface area is 238 Å². The summed E-state index contributed by atoms with van der Waals surface area (Å²) in [5, 5.41) is 16.3. The number of ether oxygens (including phenoxy) is 1. The Morgan fingerprint density at radius 3 is 2.45 bits per heavy atom. The lowest BCUT2D eigenvalue weighted by Crippen LogP contribution is -2.51. The van der Waals surface area contributed by atoms with Crippen molar-refractivity contribution in [3.05, 3.63) is 76.8 Å². The molecule has 40 heavy (non-hydrogen) atoms. The lowest BCUT2D eigenvalue weighted by Gasteiger charge is -2.32. The highest BCUT2D eigenvalue weighted by atomic mass is 35.5. The molecule has 0 aliphatic carbocycles. The van der Waals surface area contributed by atoms with Crippen molar-refractivity contribution in [1.82, 2.24) is 10.2 Å². The summed E-state index contributed by atoms with van der Waals surface area (Å²) in [6.45, 7) is 4.52. The molecule has 0 saturated carbocycles. The van der Waals surface area contributed by atoms with Gasteiger partial charge in [-0.05, 0) is 66.4 Å². The Kier molecular flexibility index (Phi) is 9.20. The third-order valence-corrected chi connectivity index (χ3v) is 8.19. The van der Waals surface area contributed by atoms with Crippen LogP contribution in [0.5, 0.6) is 0 Å². The number of nitrogens with one attached hydrogen (secondary N) is 1. The summed E-state index contributed by atoms with van der Waals surface area (Å²) < 4.78 is 35.7. The number of aryl methyl sites for hydroxylation is 1. The average molecular weight is 572 g/mol. The first-order valence-corrected chi connectivity index (χ1v) is 14.4. The second-order valence-electron chi connectivity index (χ2n) is 10.7. The minimum absolute atomic E-state index is 0.0587. The van der Waals surface area contributed by atoms with Gasteiger partial charge >= 0.3 is 5.92 Å². The van der Waals surface area contributed by atoms with E-state index in [9.17, 15) is 9.90 Å². The number of nitrogens with zero attached hydrogens (tertiary/aromatic N) is 2. The number of hydrogen-bond donors (Lipinski definition) is 2. The molecule has 3 aromatic rings. The van der Waals surface area contributed by atoms with Crippen LogP contribution in [0.2, 0.25) is 5.02 Å². The van der Waals surface area contributed by atoms with Gasteiger partial charge in [0, 0.05) is 26.1 Å². The quantitative estimate of drug-likeness (QED) is 0.350. The average Bonchev–Trinajstić information content (AvgIpc) is 3.49. The van der Waals surface area contributed by atoms with Gasteiger partial charge in [-0.25, -0.2) is 0 Å². The Balaban J connectivity index is 1.28. The predicted octanol–water partition coefficient (Wildman–Crippen LogP) is 5.21. The van der Waals surface area contributed by atoms with Crippen LogP contribution in [0.3, 0.4) is 0 Å². The second-order valence-corrected chi connectivity index (χ2v) is 11.1. The third-order valence-electron chi connectivity index (χ3n) is 7.89. The molecule has 1 amide bonds. The van der Waals surface area contributed by atoms with Crippen LogP contribution in [0, 0.1) is 0 Å². The number of fused-ring (bicyclic) bond motifs is 1. The van der Waals surface area contributed by atoms with Gasteiger partial charge in [0.15, 0.2) is 0 Å². The van der Waals surface area contributed by atoms with Gasteiger partial charge in [-0.2, -0.15) is 8.78 Å². The van der Waals surface area contributed by atoms with Crippen molar-refractivity contribution in [2.75, 3.05) is 50.8 Å². The summed E-state index contributed by atoms with van der Waals surface area (Å²) in [4.78, 5) is 17.1. The molecule has 2 N–H and O–H groups in total. The zero-order valence-electron chi connectivity index (χ0n) is 22.5. The monoisotopic (exact) mass is 571 g/mol. The van der Waals surface area contributed by atoms with Crippen LogP contribution in [0.4, 0.5) is 14.5 Å². The van der Waals surface area contributed by atoms with Gasteiger partial charge in [-0.15, -0.1) is 0 Å². The molecule has 0 spiro atoms. The number of hydrogen-bond acceptors (Lipinski definition) is 5. The van der Waals surface area contributed by atoms with Crippen molar-refractivity contribution < 1.29 is 23.4 Å². The molecule has 2 atom stereocenters. The molecule has 2 aliphatic rings. The van der Waals surface area contributed by atoms with E-state index in [0.29, 0.717) is 36.9 Å². The van der Waals surface area contributed by atoms with E-state index in [-0.39, 0.29) is 13.0 Å². The molecule has 2 heterocycles. The van der Waals surface area contributed by atoms with Gasteiger partial charge < -0.3 is 25.0 Å². The number of anilines is 1. The summed E-state index contributed by atoms with van der Waals surface area (Å²) in [7, 11) is 0. The number of amides is 1. The van der Waals surface area contributed by atoms with Crippen molar-refractivity contribution in [3.63, 3.8) is 0 Å². The molecule has 0 radical (unpaired) electrons. The van der Waals surface area contributed by atoms with E-state index in [4.69, 9.17) is 16.3 Å². The number of halogens is 3. The number of carbonyl (C=O) groups is 1. The van der Waals surface area contributed by atoms with Gasteiger partial charge in [-0.3, -0.25) is 4.79 Å². The van der Waals surface area contributed by atoms with E-state index < -0.39 is 30.4 Å². The van der Waals surface area contributed by atoms with Crippen molar-refractivity contribution in [2.45, 2.75) is 43.8 Å². The molecule has 2 aliphatic heterocycles.